The zero-order valence-electron chi connectivity index (χ0n) is 13.2. The molecule has 0 saturated heterocycles. The summed E-state index contributed by atoms with van der Waals surface area (Å²) in [6, 6.07) is 17.6. The van der Waals surface area contributed by atoms with Crippen LogP contribution in [0.15, 0.2) is 48.5 Å². The zero-order chi connectivity index (χ0) is 14.5. The van der Waals surface area contributed by atoms with Crippen LogP contribution in [0.5, 0.6) is 0 Å². The monoisotopic (exact) mass is 266 g/mol. The largest absolute Gasteiger partial charge is 0.0648 e. The molecule has 0 bridgehead atoms. The third-order valence-electron chi connectivity index (χ3n) is 4.47. The summed E-state index contributed by atoms with van der Waals surface area (Å²) >= 11 is 0. The molecular weight excluding hydrogens is 240 g/mol. The molecule has 0 heterocycles. The fourth-order valence-corrected chi connectivity index (χ4v) is 2.86. The van der Waals surface area contributed by atoms with Gasteiger partial charge in [-0.1, -0.05) is 76.2 Å². The number of rotatable bonds is 5. The van der Waals surface area contributed by atoms with E-state index in [9.17, 15) is 0 Å². The zero-order valence-corrected chi connectivity index (χ0v) is 13.2. The van der Waals surface area contributed by atoms with Gasteiger partial charge in [-0.05, 0) is 46.9 Å². The molecule has 0 aliphatic carbocycles. The molecule has 0 radical (unpaired) electrons. The van der Waals surface area contributed by atoms with Crippen molar-refractivity contribution in [1.29, 1.82) is 0 Å². The molecule has 0 heteroatoms. The number of hydrogen-bond acceptors (Lipinski definition) is 0. The van der Waals surface area contributed by atoms with Gasteiger partial charge in [-0.25, -0.2) is 0 Å². The van der Waals surface area contributed by atoms with E-state index in [1.807, 2.05) is 0 Å². The maximum atomic E-state index is 2.35. The lowest BCUT2D eigenvalue weighted by molar-refractivity contribution is 0.678. The van der Waals surface area contributed by atoms with Crippen molar-refractivity contribution in [2.45, 2.75) is 52.4 Å². The van der Waals surface area contributed by atoms with Crippen molar-refractivity contribution in [3.63, 3.8) is 0 Å². The topological polar surface area (TPSA) is 0 Å². The number of benzene rings is 2. The minimum Gasteiger partial charge on any atom is -0.0648 e. The molecule has 106 valence electrons. The molecule has 0 unspecified atom stereocenters. The van der Waals surface area contributed by atoms with E-state index in [0.29, 0.717) is 11.8 Å². The summed E-state index contributed by atoms with van der Waals surface area (Å²) in [6.07, 6.45) is 2.38. The van der Waals surface area contributed by atoms with Crippen molar-refractivity contribution in [1.82, 2.24) is 0 Å². The molecule has 0 aliphatic rings. The second-order valence-corrected chi connectivity index (χ2v) is 5.79. The van der Waals surface area contributed by atoms with Gasteiger partial charge in [0.2, 0.25) is 0 Å². The van der Waals surface area contributed by atoms with Crippen LogP contribution >= 0.6 is 0 Å². The SMILES string of the molecule is CC[C@@H](C)c1c(-c2ccccc2)cccc1[C@@H](C)CC. The molecule has 2 atom stereocenters. The highest BCUT2D eigenvalue weighted by Gasteiger charge is 2.17. The molecule has 2 aromatic rings. The van der Waals surface area contributed by atoms with E-state index in [1.54, 1.807) is 5.56 Å². The van der Waals surface area contributed by atoms with Gasteiger partial charge in [0.25, 0.3) is 0 Å². The Morgan fingerprint density at radius 1 is 0.750 bits per heavy atom. The van der Waals surface area contributed by atoms with Crippen molar-refractivity contribution in [3.05, 3.63) is 59.7 Å². The van der Waals surface area contributed by atoms with Gasteiger partial charge in [0.15, 0.2) is 0 Å². The summed E-state index contributed by atoms with van der Waals surface area (Å²) < 4.78 is 0. The molecule has 0 aromatic heterocycles. The second-order valence-electron chi connectivity index (χ2n) is 5.79. The lowest BCUT2D eigenvalue weighted by Gasteiger charge is -2.23. The maximum absolute atomic E-state index is 2.35. The van der Waals surface area contributed by atoms with Gasteiger partial charge in [-0.15, -0.1) is 0 Å². The van der Waals surface area contributed by atoms with Gasteiger partial charge in [-0.2, -0.15) is 0 Å². The van der Waals surface area contributed by atoms with Gasteiger partial charge in [0.1, 0.15) is 0 Å². The van der Waals surface area contributed by atoms with Crippen molar-refractivity contribution < 1.29 is 0 Å². The Morgan fingerprint density at radius 3 is 2.00 bits per heavy atom. The van der Waals surface area contributed by atoms with Crippen LogP contribution in [0.4, 0.5) is 0 Å². The third kappa shape index (κ3) is 2.95. The molecule has 2 rings (SSSR count). The van der Waals surface area contributed by atoms with E-state index in [4.69, 9.17) is 0 Å². The van der Waals surface area contributed by atoms with E-state index in [-0.39, 0.29) is 0 Å². The van der Waals surface area contributed by atoms with Crippen LogP contribution in [-0.2, 0) is 0 Å². The first kappa shape index (κ1) is 14.8. The second kappa shape index (κ2) is 6.74. The minimum atomic E-state index is 0.607. The van der Waals surface area contributed by atoms with Crippen molar-refractivity contribution in [3.8, 4) is 11.1 Å². The summed E-state index contributed by atoms with van der Waals surface area (Å²) in [7, 11) is 0. The minimum absolute atomic E-state index is 0.607. The molecular formula is C20H26. The first-order valence-corrected chi connectivity index (χ1v) is 7.87. The highest BCUT2D eigenvalue weighted by molar-refractivity contribution is 5.69. The summed E-state index contributed by atoms with van der Waals surface area (Å²) in [6.45, 7) is 9.26. The highest BCUT2D eigenvalue weighted by atomic mass is 14.2. The summed E-state index contributed by atoms with van der Waals surface area (Å²) in [5.74, 6) is 1.23. The Bertz CT molecular complexity index is 539. The van der Waals surface area contributed by atoms with Gasteiger partial charge in [0.05, 0.1) is 0 Å². The van der Waals surface area contributed by atoms with E-state index >= 15 is 0 Å². The van der Waals surface area contributed by atoms with Crippen molar-refractivity contribution in [2.24, 2.45) is 0 Å². The highest BCUT2D eigenvalue weighted by Crippen LogP contribution is 2.37. The van der Waals surface area contributed by atoms with Crippen molar-refractivity contribution in [2.75, 3.05) is 0 Å². The summed E-state index contributed by atoms with van der Waals surface area (Å²) in [5.41, 5.74) is 5.84. The van der Waals surface area contributed by atoms with E-state index in [0.717, 1.165) is 0 Å². The Hall–Kier alpha value is -1.56. The first-order valence-electron chi connectivity index (χ1n) is 7.87. The van der Waals surface area contributed by atoms with E-state index in [2.05, 4.69) is 76.2 Å². The molecule has 0 N–H and O–H groups in total. The predicted octanol–water partition coefficient (Wildman–Crippen LogP) is 6.38. The smallest absolute Gasteiger partial charge is 0.0146 e. The molecule has 0 nitrogen and oxygen atoms in total. The average Bonchev–Trinajstić information content (AvgIpc) is 2.53. The van der Waals surface area contributed by atoms with Gasteiger partial charge in [-0.3, -0.25) is 0 Å². The molecule has 0 amide bonds. The van der Waals surface area contributed by atoms with Crippen LogP contribution in [-0.4, -0.2) is 0 Å². The quantitative estimate of drug-likeness (QED) is 0.589. The molecule has 0 fully saturated rings. The maximum Gasteiger partial charge on any atom is -0.0146 e. The lowest BCUT2D eigenvalue weighted by atomic mass is 9.82. The predicted molar refractivity (Wildman–Crippen MR) is 89.3 cm³/mol. The van der Waals surface area contributed by atoms with Gasteiger partial charge < -0.3 is 0 Å². The first-order chi connectivity index (χ1) is 9.69. The fraction of sp³-hybridized carbons (Fsp3) is 0.400. The summed E-state index contributed by atoms with van der Waals surface area (Å²) in [5, 5.41) is 0. The van der Waals surface area contributed by atoms with Gasteiger partial charge >= 0.3 is 0 Å². The summed E-state index contributed by atoms with van der Waals surface area (Å²) in [4.78, 5) is 0. The lowest BCUT2D eigenvalue weighted by Crippen LogP contribution is -2.04. The van der Waals surface area contributed by atoms with Crippen LogP contribution in [0, 0.1) is 0 Å². The van der Waals surface area contributed by atoms with E-state index in [1.165, 1.54) is 29.5 Å². The normalized spacial score (nSPS) is 14.0. The Labute approximate surface area is 123 Å². The number of hydrogen-bond donors (Lipinski definition) is 0. The van der Waals surface area contributed by atoms with Crippen molar-refractivity contribution >= 4 is 0 Å². The Morgan fingerprint density at radius 2 is 1.40 bits per heavy atom. The Kier molecular flexibility index (Phi) is 5.00. The van der Waals surface area contributed by atoms with Gasteiger partial charge in [0, 0.05) is 0 Å². The molecule has 20 heavy (non-hydrogen) atoms. The third-order valence-corrected chi connectivity index (χ3v) is 4.47. The standard InChI is InChI=1S/C20H26/c1-5-15(3)18-13-10-14-19(20(18)16(4)6-2)17-11-8-7-9-12-17/h7-16H,5-6H2,1-4H3/t15-,16+/m0/s1. The van der Waals surface area contributed by atoms with Crippen LogP contribution in [0.25, 0.3) is 11.1 Å². The van der Waals surface area contributed by atoms with Crippen LogP contribution in [0.1, 0.15) is 63.5 Å². The molecule has 0 saturated carbocycles. The average molecular weight is 266 g/mol. The Balaban J connectivity index is 2.62. The van der Waals surface area contributed by atoms with Crippen LogP contribution in [0.2, 0.25) is 0 Å². The molecule has 2 aromatic carbocycles. The molecule has 0 spiro atoms. The fourth-order valence-electron chi connectivity index (χ4n) is 2.86. The molecule has 0 aliphatic heterocycles. The van der Waals surface area contributed by atoms with Crippen LogP contribution < -0.4 is 0 Å². The van der Waals surface area contributed by atoms with Crippen LogP contribution in [0.3, 0.4) is 0 Å². The van der Waals surface area contributed by atoms with E-state index < -0.39 is 0 Å².